The molecule has 1 fully saturated rings. The quantitative estimate of drug-likeness (QED) is 0.237. The maximum Gasteiger partial charge on any atom is 0.332 e. The molecule has 1 aliphatic heterocycles. The summed E-state index contributed by atoms with van der Waals surface area (Å²) in [6.45, 7) is 1.19. The maximum atomic E-state index is 11.2. The van der Waals surface area contributed by atoms with Gasteiger partial charge in [0.15, 0.2) is 12.4 Å². The smallest absolute Gasteiger partial charge is 0.332 e. The number of hydrogen-bond donors (Lipinski definition) is 4. The molecule has 0 amide bonds. The van der Waals surface area contributed by atoms with Gasteiger partial charge >= 0.3 is 5.97 Å². The van der Waals surface area contributed by atoms with Crippen molar-refractivity contribution in [3.63, 3.8) is 0 Å². The van der Waals surface area contributed by atoms with Crippen LogP contribution in [0.5, 0.6) is 0 Å². The van der Waals surface area contributed by atoms with Crippen molar-refractivity contribution in [3.8, 4) is 0 Å². The molecule has 5 atom stereocenters. The second kappa shape index (κ2) is 15.1. The van der Waals surface area contributed by atoms with E-state index in [1.54, 1.807) is 0 Å². The van der Waals surface area contributed by atoms with Crippen molar-refractivity contribution in [3.05, 3.63) is 0 Å². The Morgan fingerprint density at radius 1 is 0.893 bits per heavy atom. The van der Waals surface area contributed by atoms with E-state index >= 15 is 0 Å². The molecular formula is C20H38O8. The zero-order valence-electron chi connectivity index (χ0n) is 17.0. The molecule has 8 heteroatoms. The van der Waals surface area contributed by atoms with Crippen LogP contribution in [0.2, 0.25) is 0 Å². The highest BCUT2D eigenvalue weighted by Crippen LogP contribution is 2.24. The molecule has 8 nitrogen and oxygen atoms in total. The van der Waals surface area contributed by atoms with Gasteiger partial charge in [0.05, 0.1) is 6.61 Å². The first-order valence-corrected chi connectivity index (χ1v) is 10.6. The topological polar surface area (TPSA) is 126 Å². The van der Waals surface area contributed by atoms with E-state index in [-0.39, 0.29) is 0 Å². The average Bonchev–Trinajstić information content (AvgIpc) is 2.70. The minimum absolute atomic E-state index is 0.365. The molecule has 0 saturated carbocycles. The van der Waals surface area contributed by atoms with Gasteiger partial charge in [0.25, 0.3) is 0 Å². The van der Waals surface area contributed by atoms with Crippen LogP contribution < -0.4 is 0 Å². The standard InChI is InChI=1S/C20H38O8/c1-2-3-4-5-6-7-8-9-10-11-12-26-20-18(25)17(24)19(15(13-21)27-20)28-16(23)14-22/h15,17-22,24-25H,2-14H2,1H3/t15-,17-,18-,19-,20-/m1/s1. The van der Waals surface area contributed by atoms with E-state index < -0.39 is 49.9 Å². The monoisotopic (exact) mass is 406 g/mol. The highest BCUT2D eigenvalue weighted by Gasteiger charge is 2.46. The lowest BCUT2D eigenvalue weighted by Gasteiger charge is -2.41. The predicted octanol–water partition coefficient (Wildman–Crippen LogP) is 1.27. The normalized spacial score (nSPS) is 27.7. The van der Waals surface area contributed by atoms with Gasteiger partial charge in [-0.3, -0.25) is 0 Å². The molecular weight excluding hydrogens is 368 g/mol. The number of unbranched alkanes of at least 4 members (excludes halogenated alkanes) is 9. The van der Waals surface area contributed by atoms with E-state index in [1.165, 1.54) is 44.9 Å². The van der Waals surface area contributed by atoms with E-state index in [0.29, 0.717) is 6.61 Å². The summed E-state index contributed by atoms with van der Waals surface area (Å²) in [5.74, 6) is -0.969. The van der Waals surface area contributed by atoms with Crippen LogP contribution in [0.4, 0.5) is 0 Å². The van der Waals surface area contributed by atoms with Crippen LogP contribution in [-0.2, 0) is 19.0 Å². The molecule has 0 bridgehead atoms. The number of hydrogen-bond acceptors (Lipinski definition) is 8. The highest BCUT2D eigenvalue weighted by atomic mass is 16.7. The molecule has 0 spiro atoms. The minimum Gasteiger partial charge on any atom is -0.455 e. The lowest BCUT2D eigenvalue weighted by atomic mass is 9.99. The van der Waals surface area contributed by atoms with Gasteiger partial charge in [-0.2, -0.15) is 0 Å². The van der Waals surface area contributed by atoms with Crippen molar-refractivity contribution >= 4 is 5.97 Å². The first-order chi connectivity index (χ1) is 13.5. The van der Waals surface area contributed by atoms with Gasteiger partial charge < -0.3 is 34.6 Å². The van der Waals surface area contributed by atoms with Crippen LogP contribution in [-0.4, -0.2) is 76.9 Å². The Labute approximate surface area is 167 Å². The predicted molar refractivity (Wildman–Crippen MR) is 103 cm³/mol. The summed E-state index contributed by atoms with van der Waals surface area (Å²) in [5, 5.41) is 38.4. The second-order valence-corrected chi connectivity index (χ2v) is 7.37. The van der Waals surface area contributed by atoms with Gasteiger partial charge in [0.2, 0.25) is 0 Å². The third-order valence-electron chi connectivity index (χ3n) is 5.00. The van der Waals surface area contributed by atoms with E-state index in [9.17, 15) is 20.1 Å². The lowest BCUT2D eigenvalue weighted by Crippen LogP contribution is -2.60. The highest BCUT2D eigenvalue weighted by molar-refractivity contribution is 5.70. The Morgan fingerprint density at radius 2 is 1.46 bits per heavy atom. The van der Waals surface area contributed by atoms with Crippen molar-refractivity contribution in [1.29, 1.82) is 0 Å². The number of rotatable bonds is 15. The summed E-state index contributed by atoms with van der Waals surface area (Å²) >= 11 is 0. The third-order valence-corrected chi connectivity index (χ3v) is 5.00. The van der Waals surface area contributed by atoms with Crippen LogP contribution in [0.25, 0.3) is 0 Å². The van der Waals surface area contributed by atoms with Gasteiger partial charge in [0.1, 0.15) is 24.9 Å². The van der Waals surface area contributed by atoms with Crippen molar-refractivity contribution in [2.24, 2.45) is 0 Å². The van der Waals surface area contributed by atoms with E-state index in [2.05, 4.69) is 6.92 Å². The molecule has 1 heterocycles. The van der Waals surface area contributed by atoms with Crippen molar-refractivity contribution in [2.75, 3.05) is 19.8 Å². The average molecular weight is 407 g/mol. The number of aliphatic hydroxyl groups excluding tert-OH is 4. The van der Waals surface area contributed by atoms with E-state index in [1.807, 2.05) is 0 Å². The molecule has 4 N–H and O–H groups in total. The Balaban J connectivity index is 2.20. The Hall–Kier alpha value is -0.770. The summed E-state index contributed by atoms with van der Waals surface area (Å²) < 4.78 is 15.8. The van der Waals surface area contributed by atoms with Crippen molar-refractivity contribution < 1.29 is 39.4 Å². The summed E-state index contributed by atoms with van der Waals surface area (Å²) in [6.07, 6.45) is 5.66. The number of ether oxygens (including phenoxy) is 3. The molecule has 0 aliphatic carbocycles. The minimum atomic E-state index is -1.47. The largest absolute Gasteiger partial charge is 0.455 e. The third kappa shape index (κ3) is 9.15. The number of aliphatic hydroxyl groups is 4. The molecule has 1 aliphatic rings. The number of esters is 1. The van der Waals surface area contributed by atoms with Gasteiger partial charge in [-0.15, -0.1) is 0 Å². The molecule has 1 saturated heterocycles. The van der Waals surface area contributed by atoms with Crippen LogP contribution in [0.1, 0.15) is 71.1 Å². The second-order valence-electron chi connectivity index (χ2n) is 7.37. The van der Waals surface area contributed by atoms with Gasteiger partial charge in [-0.25, -0.2) is 4.79 Å². The van der Waals surface area contributed by atoms with E-state index in [0.717, 1.165) is 19.3 Å². The summed E-state index contributed by atoms with van der Waals surface area (Å²) in [6, 6.07) is 0. The fourth-order valence-electron chi connectivity index (χ4n) is 3.31. The van der Waals surface area contributed by atoms with Gasteiger partial charge in [-0.1, -0.05) is 64.7 Å². The summed E-state index contributed by atoms with van der Waals surface area (Å²) in [5.41, 5.74) is 0. The summed E-state index contributed by atoms with van der Waals surface area (Å²) in [4.78, 5) is 11.2. The SMILES string of the molecule is CCCCCCCCCCCCO[C@@H]1O[C@H](CO)[C@@H](OC(=O)CO)[C@H](O)[C@H]1O. The fourth-order valence-corrected chi connectivity index (χ4v) is 3.31. The Bertz CT molecular complexity index is 404. The maximum absolute atomic E-state index is 11.2. The fraction of sp³-hybridized carbons (Fsp3) is 0.950. The first kappa shape index (κ1) is 25.3. The molecule has 0 unspecified atom stereocenters. The Morgan fingerprint density at radius 3 is 2.00 bits per heavy atom. The lowest BCUT2D eigenvalue weighted by molar-refractivity contribution is -0.303. The van der Waals surface area contributed by atoms with Crippen LogP contribution in [0.15, 0.2) is 0 Å². The molecule has 0 aromatic carbocycles. The molecule has 1 rings (SSSR count). The molecule has 0 aromatic heterocycles. The zero-order valence-corrected chi connectivity index (χ0v) is 17.0. The van der Waals surface area contributed by atoms with Crippen LogP contribution in [0, 0.1) is 0 Å². The number of carbonyl (C=O) groups is 1. The molecule has 166 valence electrons. The van der Waals surface area contributed by atoms with Crippen LogP contribution >= 0.6 is 0 Å². The van der Waals surface area contributed by atoms with Crippen molar-refractivity contribution in [1.82, 2.24) is 0 Å². The number of carbonyl (C=O) groups excluding carboxylic acids is 1. The van der Waals surface area contributed by atoms with Crippen LogP contribution in [0.3, 0.4) is 0 Å². The molecule has 0 radical (unpaired) electrons. The van der Waals surface area contributed by atoms with Crippen molar-refractivity contribution in [2.45, 2.75) is 102 Å². The van der Waals surface area contributed by atoms with Gasteiger partial charge in [0, 0.05) is 6.61 Å². The first-order valence-electron chi connectivity index (χ1n) is 10.6. The molecule has 0 aromatic rings. The molecule has 28 heavy (non-hydrogen) atoms. The zero-order chi connectivity index (χ0) is 20.8. The Kier molecular flexibility index (Phi) is 13.6. The van der Waals surface area contributed by atoms with Gasteiger partial charge in [-0.05, 0) is 6.42 Å². The van der Waals surface area contributed by atoms with E-state index in [4.69, 9.17) is 19.3 Å². The summed E-state index contributed by atoms with van der Waals surface area (Å²) in [7, 11) is 0.